The molecule has 0 aliphatic carbocycles. The fraction of sp³-hybridized carbons (Fsp3) is 0.538. The summed E-state index contributed by atoms with van der Waals surface area (Å²) in [7, 11) is 0. The molecular formula is C26H34ClN5O3S. The summed E-state index contributed by atoms with van der Waals surface area (Å²) in [4.78, 5) is 39.5. The third kappa shape index (κ3) is 6.24. The third-order valence-electron chi connectivity index (χ3n) is 6.38. The van der Waals surface area contributed by atoms with Gasteiger partial charge < -0.3 is 19.9 Å². The lowest BCUT2D eigenvalue weighted by molar-refractivity contribution is -0.134. The van der Waals surface area contributed by atoms with E-state index < -0.39 is 17.7 Å². The molecule has 0 spiro atoms. The number of halogens is 1. The summed E-state index contributed by atoms with van der Waals surface area (Å²) in [6, 6.07) is 6.62. The van der Waals surface area contributed by atoms with E-state index in [4.69, 9.17) is 16.3 Å². The molecule has 0 saturated carbocycles. The van der Waals surface area contributed by atoms with E-state index in [0.29, 0.717) is 36.3 Å². The number of hydrogen-bond acceptors (Lipinski definition) is 7. The smallest absolute Gasteiger partial charge is 0.408 e. The molecule has 2 aliphatic rings. The molecule has 8 nitrogen and oxygen atoms in total. The molecule has 1 fully saturated rings. The van der Waals surface area contributed by atoms with E-state index >= 15 is 0 Å². The van der Waals surface area contributed by atoms with Crippen molar-refractivity contribution < 1.29 is 14.3 Å². The second kappa shape index (κ2) is 10.8. The highest BCUT2D eigenvalue weighted by atomic mass is 35.5. The van der Waals surface area contributed by atoms with Gasteiger partial charge in [0.2, 0.25) is 5.91 Å². The zero-order chi connectivity index (χ0) is 26.0. The monoisotopic (exact) mass is 531 g/mol. The van der Waals surface area contributed by atoms with E-state index in [9.17, 15) is 9.59 Å². The molecule has 0 unspecified atom stereocenters. The van der Waals surface area contributed by atoms with Gasteiger partial charge in [-0.15, -0.1) is 11.8 Å². The van der Waals surface area contributed by atoms with Gasteiger partial charge in [-0.05, 0) is 52.3 Å². The van der Waals surface area contributed by atoms with E-state index in [-0.39, 0.29) is 11.9 Å². The topological polar surface area (TPSA) is 87.7 Å². The number of fused-ring (bicyclic) bond motifs is 1. The van der Waals surface area contributed by atoms with Crippen LogP contribution in [0, 0.1) is 0 Å². The number of ether oxygens (including phenoxy) is 1. The Morgan fingerprint density at radius 3 is 2.58 bits per heavy atom. The number of thioether (sulfide) groups is 1. The average molecular weight is 532 g/mol. The zero-order valence-electron chi connectivity index (χ0n) is 21.5. The summed E-state index contributed by atoms with van der Waals surface area (Å²) in [6.07, 6.45) is 1.38. The number of hydrogen-bond donors (Lipinski definition) is 1. The molecule has 4 rings (SSSR count). The second-order valence-corrected chi connectivity index (χ2v) is 12.1. The Labute approximate surface area is 222 Å². The second-order valence-electron chi connectivity index (χ2n) is 10.4. The highest BCUT2D eigenvalue weighted by Gasteiger charge is 2.35. The lowest BCUT2D eigenvalue weighted by Crippen LogP contribution is -2.59. The Morgan fingerprint density at radius 1 is 1.19 bits per heavy atom. The van der Waals surface area contributed by atoms with Crippen LogP contribution in [0.1, 0.15) is 56.7 Å². The van der Waals surface area contributed by atoms with Crippen molar-refractivity contribution in [1.82, 2.24) is 20.2 Å². The molecule has 1 saturated heterocycles. The number of carbonyl (C=O) groups excluding carboxylic acids is 2. The number of nitrogens with one attached hydrogen (secondary N) is 1. The first-order valence-corrected chi connectivity index (χ1v) is 13.7. The van der Waals surface area contributed by atoms with Gasteiger partial charge in [0.05, 0.1) is 5.69 Å². The van der Waals surface area contributed by atoms with Gasteiger partial charge in [-0.1, -0.05) is 23.7 Å². The van der Waals surface area contributed by atoms with Crippen LogP contribution >= 0.6 is 23.4 Å². The molecule has 0 radical (unpaired) electrons. The van der Waals surface area contributed by atoms with Crippen molar-refractivity contribution in [2.45, 2.75) is 69.7 Å². The highest BCUT2D eigenvalue weighted by Crippen LogP contribution is 2.44. The zero-order valence-corrected chi connectivity index (χ0v) is 23.0. The van der Waals surface area contributed by atoms with E-state index in [2.05, 4.69) is 34.0 Å². The average Bonchev–Trinajstić information content (AvgIpc) is 3.19. The Hall–Kier alpha value is -2.52. The van der Waals surface area contributed by atoms with Crippen molar-refractivity contribution in [3.05, 3.63) is 52.4 Å². The fourth-order valence-corrected chi connectivity index (χ4v) is 5.84. The molecule has 0 bridgehead atoms. The Kier molecular flexibility index (Phi) is 7.99. The number of amides is 2. The number of benzene rings is 1. The Bertz CT molecular complexity index is 1110. The van der Waals surface area contributed by atoms with Gasteiger partial charge in [-0.25, -0.2) is 14.8 Å². The van der Waals surface area contributed by atoms with Gasteiger partial charge in [0.1, 0.15) is 23.8 Å². The lowest BCUT2D eigenvalue weighted by atomic mass is 10.0. The van der Waals surface area contributed by atoms with Gasteiger partial charge in [0, 0.05) is 53.7 Å². The molecule has 36 heavy (non-hydrogen) atoms. The normalized spacial score (nSPS) is 20.6. The van der Waals surface area contributed by atoms with Crippen LogP contribution in [0.2, 0.25) is 5.02 Å². The summed E-state index contributed by atoms with van der Waals surface area (Å²) in [6.45, 7) is 11.4. The van der Waals surface area contributed by atoms with E-state index in [1.54, 1.807) is 39.2 Å². The van der Waals surface area contributed by atoms with E-state index in [1.165, 1.54) is 5.56 Å². The maximum Gasteiger partial charge on any atom is 0.408 e. The predicted octanol–water partition coefficient (Wildman–Crippen LogP) is 4.61. The van der Waals surface area contributed by atoms with Crippen LogP contribution in [0.5, 0.6) is 0 Å². The number of aromatic nitrogens is 2. The number of nitrogens with zero attached hydrogens (tertiary/aromatic N) is 4. The van der Waals surface area contributed by atoms with Crippen LogP contribution in [0.25, 0.3) is 0 Å². The number of anilines is 1. The van der Waals surface area contributed by atoms with Crippen LogP contribution in [-0.4, -0.2) is 64.2 Å². The standard InChI is InChI=1S/C26H34ClN5O3S/c1-16-13-31(10-11-32(16)23-22-17(2)36-14-21(22)28-15-29-23)24(33)20(30-25(34)35-26(3,4)5)12-18-6-8-19(27)9-7-18/h6-9,15-17,20H,10-14H2,1-5H3,(H,30,34)/t16-,17-,20+/m0/s1. The molecule has 1 aromatic heterocycles. The van der Waals surface area contributed by atoms with Crippen LogP contribution in [-0.2, 0) is 21.7 Å². The molecule has 2 aliphatic heterocycles. The quantitative estimate of drug-likeness (QED) is 0.602. The summed E-state index contributed by atoms with van der Waals surface area (Å²) < 4.78 is 5.44. The summed E-state index contributed by atoms with van der Waals surface area (Å²) >= 11 is 7.91. The summed E-state index contributed by atoms with van der Waals surface area (Å²) in [5.41, 5.74) is 2.56. The number of alkyl carbamates (subject to hydrolysis) is 1. The number of rotatable bonds is 5. The SMILES string of the molecule is C[C@@H]1SCc2ncnc(N3CCN(C(=O)[C@@H](Cc4ccc(Cl)cc4)NC(=O)OC(C)(C)C)C[C@@H]3C)c21. The van der Waals surface area contributed by atoms with Crippen LogP contribution < -0.4 is 10.2 Å². The van der Waals surface area contributed by atoms with Gasteiger partial charge in [0.25, 0.3) is 0 Å². The first-order valence-electron chi connectivity index (χ1n) is 12.3. The number of piperazine rings is 1. The molecule has 194 valence electrons. The van der Waals surface area contributed by atoms with Crippen LogP contribution in [0.3, 0.4) is 0 Å². The van der Waals surface area contributed by atoms with E-state index in [0.717, 1.165) is 22.8 Å². The fourth-order valence-electron chi connectivity index (χ4n) is 4.67. The molecule has 3 atom stereocenters. The maximum atomic E-state index is 13.7. The molecule has 3 heterocycles. The minimum Gasteiger partial charge on any atom is -0.444 e. The third-order valence-corrected chi connectivity index (χ3v) is 7.80. The first kappa shape index (κ1) is 26.5. The van der Waals surface area contributed by atoms with Crippen LogP contribution in [0.4, 0.5) is 10.6 Å². The molecule has 1 N–H and O–H groups in total. The predicted molar refractivity (Wildman–Crippen MR) is 143 cm³/mol. The van der Waals surface area contributed by atoms with Crippen molar-refractivity contribution >= 4 is 41.2 Å². The Balaban J connectivity index is 1.49. The van der Waals surface area contributed by atoms with Crippen molar-refractivity contribution in [3.63, 3.8) is 0 Å². The highest BCUT2D eigenvalue weighted by molar-refractivity contribution is 7.99. The molecule has 10 heteroatoms. The van der Waals surface area contributed by atoms with Crippen molar-refractivity contribution in [2.75, 3.05) is 24.5 Å². The van der Waals surface area contributed by atoms with Crippen molar-refractivity contribution in [1.29, 1.82) is 0 Å². The lowest BCUT2D eigenvalue weighted by Gasteiger charge is -2.42. The van der Waals surface area contributed by atoms with Gasteiger partial charge in [-0.2, -0.15) is 0 Å². The molecular weight excluding hydrogens is 498 g/mol. The minimum absolute atomic E-state index is 0.0669. The molecule has 1 aromatic carbocycles. The molecule has 2 aromatic rings. The summed E-state index contributed by atoms with van der Waals surface area (Å²) in [5.74, 6) is 1.75. The van der Waals surface area contributed by atoms with Crippen molar-refractivity contribution in [3.8, 4) is 0 Å². The Morgan fingerprint density at radius 2 is 1.92 bits per heavy atom. The number of carbonyl (C=O) groups is 2. The first-order chi connectivity index (χ1) is 17.0. The van der Waals surface area contributed by atoms with Gasteiger partial charge in [0.15, 0.2) is 0 Å². The summed E-state index contributed by atoms with van der Waals surface area (Å²) in [5, 5.41) is 3.78. The largest absolute Gasteiger partial charge is 0.444 e. The van der Waals surface area contributed by atoms with Crippen molar-refractivity contribution in [2.24, 2.45) is 0 Å². The van der Waals surface area contributed by atoms with Gasteiger partial charge in [-0.3, -0.25) is 4.79 Å². The van der Waals surface area contributed by atoms with Gasteiger partial charge >= 0.3 is 6.09 Å². The molecule has 2 amide bonds. The minimum atomic E-state index is -0.750. The van der Waals surface area contributed by atoms with Crippen LogP contribution in [0.15, 0.2) is 30.6 Å². The maximum absolute atomic E-state index is 13.7. The van der Waals surface area contributed by atoms with E-state index in [1.807, 2.05) is 28.8 Å².